The molecule has 5 heteroatoms. The summed E-state index contributed by atoms with van der Waals surface area (Å²) in [5, 5.41) is 11.1. The molecule has 0 aliphatic rings. The number of hydrogen-bond acceptors (Lipinski definition) is 5. The second-order valence-electron chi connectivity index (χ2n) is 3.11. The van der Waals surface area contributed by atoms with Crippen molar-refractivity contribution >= 4 is 5.82 Å². The Labute approximate surface area is 87.6 Å². The van der Waals surface area contributed by atoms with E-state index in [0.29, 0.717) is 6.54 Å². The molecule has 1 N–H and O–H groups in total. The van der Waals surface area contributed by atoms with Gasteiger partial charge in [-0.3, -0.25) is 0 Å². The Morgan fingerprint density at radius 3 is 2.80 bits per heavy atom. The zero-order chi connectivity index (χ0) is 10.5. The summed E-state index contributed by atoms with van der Waals surface area (Å²) < 4.78 is 0. The predicted octanol–water partition coefficient (Wildman–Crippen LogP) is 1.19. The first-order chi connectivity index (χ1) is 7.34. The lowest BCUT2D eigenvalue weighted by molar-refractivity contribution is 0.943. The Kier molecular flexibility index (Phi) is 2.82. The third-order valence-corrected chi connectivity index (χ3v) is 1.89. The zero-order valence-electron chi connectivity index (χ0n) is 8.38. The summed E-state index contributed by atoms with van der Waals surface area (Å²) in [4.78, 5) is 7.93. The number of nitrogens with zero attached hydrogens (tertiary/aromatic N) is 4. The molecular formula is C10H11N5. The fourth-order valence-electron chi connectivity index (χ4n) is 1.10. The summed E-state index contributed by atoms with van der Waals surface area (Å²) in [5.74, 6) is 0.749. The van der Waals surface area contributed by atoms with Crippen LogP contribution in [0.5, 0.6) is 0 Å². The van der Waals surface area contributed by atoms with E-state index >= 15 is 0 Å². The van der Waals surface area contributed by atoms with Gasteiger partial charge in [-0.1, -0.05) is 0 Å². The summed E-state index contributed by atoms with van der Waals surface area (Å²) in [7, 11) is 0. The molecular weight excluding hydrogens is 190 g/mol. The first-order valence-corrected chi connectivity index (χ1v) is 4.64. The van der Waals surface area contributed by atoms with Gasteiger partial charge in [-0.05, 0) is 25.1 Å². The van der Waals surface area contributed by atoms with Crippen LogP contribution in [0.1, 0.15) is 11.4 Å². The van der Waals surface area contributed by atoms with Crippen LogP contribution in [0.2, 0.25) is 0 Å². The first-order valence-electron chi connectivity index (χ1n) is 4.64. The molecule has 0 fully saturated rings. The van der Waals surface area contributed by atoms with E-state index < -0.39 is 0 Å². The summed E-state index contributed by atoms with van der Waals surface area (Å²) in [5.41, 5.74) is 1.83. The molecule has 0 saturated carbocycles. The van der Waals surface area contributed by atoms with Gasteiger partial charge in [0, 0.05) is 6.20 Å². The van der Waals surface area contributed by atoms with Crippen LogP contribution in [0.3, 0.4) is 0 Å². The van der Waals surface area contributed by atoms with Crippen LogP contribution in [0, 0.1) is 6.92 Å². The van der Waals surface area contributed by atoms with Gasteiger partial charge in [-0.15, -0.1) is 5.10 Å². The average Bonchev–Trinajstić information content (AvgIpc) is 2.30. The molecule has 0 spiro atoms. The van der Waals surface area contributed by atoms with Gasteiger partial charge in [0.05, 0.1) is 17.9 Å². The van der Waals surface area contributed by atoms with Crippen molar-refractivity contribution in [3.8, 4) is 0 Å². The highest BCUT2D eigenvalue weighted by Crippen LogP contribution is 2.02. The van der Waals surface area contributed by atoms with Crippen LogP contribution in [-0.4, -0.2) is 20.2 Å². The molecule has 2 aromatic heterocycles. The van der Waals surface area contributed by atoms with Crippen molar-refractivity contribution in [3.63, 3.8) is 0 Å². The lowest BCUT2D eigenvalue weighted by Crippen LogP contribution is -2.04. The Balaban J connectivity index is 1.96. The maximum atomic E-state index is 4.09. The fourth-order valence-corrected chi connectivity index (χ4v) is 1.10. The number of hydrogen-bond donors (Lipinski definition) is 1. The van der Waals surface area contributed by atoms with E-state index in [0.717, 1.165) is 17.2 Å². The molecule has 0 bridgehead atoms. The third kappa shape index (κ3) is 2.70. The molecule has 0 saturated heterocycles. The van der Waals surface area contributed by atoms with Crippen molar-refractivity contribution < 1.29 is 0 Å². The quantitative estimate of drug-likeness (QED) is 0.808. The molecule has 2 aromatic rings. The number of aromatic nitrogens is 4. The maximum absolute atomic E-state index is 4.09. The van der Waals surface area contributed by atoms with Crippen LogP contribution in [0.4, 0.5) is 5.82 Å². The smallest absolute Gasteiger partial charge is 0.148 e. The Bertz CT molecular complexity index is 412. The Hall–Kier alpha value is -2.04. The van der Waals surface area contributed by atoms with Gasteiger partial charge >= 0.3 is 0 Å². The van der Waals surface area contributed by atoms with Crippen LogP contribution in [0.15, 0.2) is 30.7 Å². The number of rotatable bonds is 3. The average molecular weight is 201 g/mol. The molecule has 76 valence electrons. The lowest BCUT2D eigenvalue weighted by atomic mass is 10.4. The minimum Gasteiger partial charge on any atom is -0.363 e. The number of anilines is 1. The molecule has 5 nitrogen and oxygen atoms in total. The van der Waals surface area contributed by atoms with Gasteiger partial charge in [-0.25, -0.2) is 9.97 Å². The number of nitrogens with one attached hydrogen (secondary N) is 1. The Morgan fingerprint density at radius 2 is 2.13 bits per heavy atom. The van der Waals surface area contributed by atoms with Crippen molar-refractivity contribution in [2.24, 2.45) is 0 Å². The Morgan fingerprint density at radius 1 is 1.20 bits per heavy atom. The monoisotopic (exact) mass is 201 g/mol. The second-order valence-corrected chi connectivity index (χ2v) is 3.11. The van der Waals surface area contributed by atoms with Crippen molar-refractivity contribution in [2.45, 2.75) is 13.5 Å². The van der Waals surface area contributed by atoms with Gasteiger partial charge in [0.2, 0.25) is 0 Å². The van der Waals surface area contributed by atoms with E-state index in [1.807, 2.05) is 25.1 Å². The van der Waals surface area contributed by atoms with Crippen LogP contribution < -0.4 is 5.32 Å². The van der Waals surface area contributed by atoms with Gasteiger partial charge in [-0.2, -0.15) is 5.10 Å². The van der Waals surface area contributed by atoms with Gasteiger partial charge < -0.3 is 5.32 Å². The standard InChI is InChI=1S/C10H11N5/c1-8-2-3-10(15-14-8)12-6-9-4-5-11-7-13-9/h2-5,7H,6H2,1H3,(H,12,15). The van der Waals surface area contributed by atoms with Crippen molar-refractivity contribution in [3.05, 3.63) is 42.1 Å². The molecule has 0 atom stereocenters. The normalized spacial score (nSPS) is 9.93. The summed E-state index contributed by atoms with van der Waals surface area (Å²) in [6.45, 7) is 2.53. The SMILES string of the molecule is Cc1ccc(NCc2ccncn2)nn1. The molecule has 0 unspecified atom stereocenters. The van der Waals surface area contributed by atoms with Crippen molar-refractivity contribution in [2.75, 3.05) is 5.32 Å². The predicted molar refractivity (Wildman–Crippen MR) is 56.1 cm³/mol. The highest BCUT2D eigenvalue weighted by atomic mass is 15.2. The molecule has 0 aliphatic carbocycles. The van der Waals surface area contributed by atoms with E-state index in [9.17, 15) is 0 Å². The molecule has 2 rings (SSSR count). The van der Waals surface area contributed by atoms with Gasteiger partial charge in [0.25, 0.3) is 0 Å². The van der Waals surface area contributed by atoms with E-state index in [-0.39, 0.29) is 0 Å². The van der Waals surface area contributed by atoms with Crippen LogP contribution in [-0.2, 0) is 6.54 Å². The molecule has 0 radical (unpaired) electrons. The largest absolute Gasteiger partial charge is 0.363 e. The summed E-state index contributed by atoms with van der Waals surface area (Å²) in [6.07, 6.45) is 3.24. The van der Waals surface area contributed by atoms with Crippen LogP contribution >= 0.6 is 0 Å². The third-order valence-electron chi connectivity index (χ3n) is 1.89. The highest BCUT2D eigenvalue weighted by molar-refractivity contribution is 5.33. The number of aryl methyl sites for hydroxylation is 1. The molecule has 2 heterocycles. The van der Waals surface area contributed by atoms with E-state index in [4.69, 9.17) is 0 Å². The minimum absolute atomic E-state index is 0.625. The fraction of sp³-hybridized carbons (Fsp3) is 0.200. The molecule has 15 heavy (non-hydrogen) atoms. The molecule has 0 amide bonds. The van der Waals surface area contributed by atoms with Gasteiger partial charge in [0.1, 0.15) is 12.1 Å². The van der Waals surface area contributed by atoms with Crippen molar-refractivity contribution in [1.29, 1.82) is 0 Å². The lowest BCUT2D eigenvalue weighted by Gasteiger charge is -2.03. The topological polar surface area (TPSA) is 63.6 Å². The van der Waals surface area contributed by atoms with E-state index in [1.54, 1.807) is 6.20 Å². The molecule has 0 aromatic carbocycles. The second kappa shape index (κ2) is 4.45. The van der Waals surface area contributed by atoms with E-state index in [1.165, 1.54) is 6.33 Å². The zero-order valence-corrected chi connectivity index (χ0v) is 8.38. The van der Waals surface area contributed by atoms with Gasteiger partial charge in [0.15, 0.2) is 0 Å². The minimum atomic E-state index is 0.625. The van der Waals surface area contributed by atoms with E-state index in [2.05, 4.69) is 25.5 Å². The van der Waals surface area contributed by atoms with Crippen LogP contribution in [0.25, 0.3) is 0 Å². The summed E-state index contributed by atoms with van der Waals surface area (Å²) in [6, 6.07) is 5.66. The first kappa shape index (κ1) is 9.51. The molecule has 0 aliphatic heterocycles. The highest BCUT2D eigenvalue weighted by Gasteiger charge is 1.95. The maximum Gasteiger partial charge on any atom is 0.148 e. The summed E-state index contributed by atoms with van der Waals surface area (Å²) >= 11 is 0. The van der Waals surface area contributed by atoms with Crippen molar-refractivity contribution in [1.82, 2.24) is 20.2 Å².